The summed E-state index contributed by atoms with van der Waals surface area (Å²) in [6, 6.07) is 9.01. The fraction of sp³-hybridized carbons (Fsp3) is 0.429. The van der Waals surface area contributed by atoms with E-state index in [4.69, 9.17) is 5.26 Å². The Kier molecular flexibility index (Phi) is 4.37. The van der Waals surface area contributed by atoms with E-state index in [0.717, 1.165) is 18.4 Å². The number of urea groups is 1. The Morgan fingerprint density at radius 2 is 2.42 bits per heavy atom. The highest BCUT2D eigenvalue weighted by Gasteiger charge is 2.27. The molecule has 19 heavy (non-hydrogen) atoms. The number of carbonyl (C=O) groups excluding carboxylic acids is 1. The number of carbonyl (C=O) groups is 1. The first-order valence-electron chi connectivity index (χ1n) is 6.39. The average Bonchev–Trinajstić information content (AvgIpc) is 2.93. The molecule has 2 N–H and O–H groups in total. The molecule has 1 aliphatic heterocycles. The number of hydrogen-bond donors (Lipinski definition) is 2. The van der Waals surface area contributed by atoms with Crippen LogP contribution in [-0.2, 0) is 6.54 Å². The second-order valence-electron chi connectivity index (χ2n) is 4.64. The van der Waals surface area contributed by atoms with Gasteiger partial charge in [0.25, 0.3) is 0 Å². The summed E-state index contributed by atoms with van der Waals surface area (Å²) in [5.74, 6) is 0. The van der Waals surface area contributed by atoms with E-state index in [2.05, 4.69) is 11.4 Å². The molecule has 1 saturated heterocycles. The number of benzene rings is 1. The van der Waals surface area contributed by atoms with Crippen molar-refractivity contribution in [3.05, 3.63) is 35.4 Å². The fourth-order valence-electron chi connectivity index (χ4n) is 2.32. The zero-order valence-corrected chi connectivity index (χ0v) is 10.7. The maximum absolute atomic E-state index is 12.0. The van der Waals surface area contributed by atoms with Crippen LogP contribution in [0.15, 0.2) is 24.3 Å². The molecule has 1 atom stereocenters. The summed E-state index contributed by atoms with van der Waals surface area (Å²) in [7, 11) is 0. The Hall–Kier alpha value is -2.06. The molecule has 0 saturated carbocycles. The number of amides is 2. The lowest BCUT2D eigenvalue weighted by atomic mass is 10.1. The summed E-state index contributed by atoms with van der Waals surface area (Å²) >= 11 is 0. The first-order valence-corrected chi connectivity index (χ1v) is 6.39. The van der Waals surface area contributed by atoms with Gasteiger partial charge in [-0.25, -0.2) is 4.79 Å². The molecule has 2 amide bonds. The number of hydrogen-bond acceptors (Lipinski definition) is 3. The monoisotopic (exact) mass is 259 g/mol. The zero-order valence-electron chi connectivity index (χ0n) is 10.7. The SMILES string of the molecule is N#Cc1cccc(CNC(=O)N2CCCC2CO)c1. The van der Waals surface area contributed by atoms with Crippen molar-refractivity contribution in [3.8, 4) is 6.07 Å². The number of aliphatic hydroxyl groups is 1. The lowest BCUT2D eigenvalue weighted by Crippen LogP contribution is -2.43. The Morgan fingerprint density at radius 3 is 3.16 bits per heavy atom. The summed E-state index contributed by atoms with van der Waals surface area (Å²) in [6.07, 6.45) is 1.79. The largest absolute Gasteiger partial charge is 0.394 e. The zero-order chi connectivity index (χ0) is 13.7. The Balaban J connectivity index is 1.91. The van der Waals surface area contributed by atoms with Gasteiger partial charge in [-0.3, -0.25) is 0 Å². The van der Waals surface area contributed by atoms with Gasteiger partial charge in [-0.05, 0) is 30.5 Å². The quantitative estimate of drug-likeness (QED) is 0.857. The van der Waals surface area contributed by atoms with Gasteiger partial charge in [-0.2, -0.15) is 5.26 Å². The molecule has 1 fully saturated rings. The molecule has 0 bridgehead atoms. The molecule has 1 aliphatic rings. The normalized spacial score (nSPS) is 18.1. The second-order valence-corrected chi connectivity index (χ2v) is 4.64. The molecule has 1 aromatic rings. The van der Waals surface area contributed by atoms with Gasteiger partial charge in [0.1, 0.15) is 0 Å². The van der Waals surface area contributed by atoms with E-state index in [1.165, 1.54) is 0 Å². The molecule has 0 spiro atoms. The number of rotatable bonds is 3. The van der Waals surface area contributed by atoms with Crippen LogP contribution >= 0.6 is 0 Å². The molecular formula is C14H17N3O2. The van der Waals surface area contributed by atoms with Crippen molar-refractivity contribution in [2.75, 3.05) is 13.2 Å². The first kappa shape index (κ1) is 13.4. The van der Waals surface area contributed by atoms with E-state index in [1.54, 1.807) is 23.1 Å². The summed E-state index contributed by atoms with van der Waals surface area (Å²) in [5.41, 5.74) is 1.48. The van der Waals surface area contributed by atoms with E-state index in [9.17, 15) is 9.90 Å². The second kappa shape index (κ2) is 6.21. The third kappa shape index (κ3) is 3.24. The van der Waals surface area contributed by atoms with Crippen LogP contribution in [0.5, 0.6) is 0 Å². The predicted octanol–water partition coefficient (Wildman–Crippen LogP) is 1.22. The molecule has 5 heteroatoms. The van der Waals surface area contributed by atoms with Crippen molar-refractivity contribution in [2.45, 2.75) is 25.4 Å². The first-order chi connectivity index (χ1) is 9.24. The van der Waals surface area contributed by atoms with Crippen LogP contribution in [-0.4, -0.2) is 35.2 Å². The van der Waals surface area contributed by atoms with Gasteiger partial charge < -0.3 is 15.3 Å². The molecule has 2 rings (SSSR count). The molecule has 1 aromatic carbocycles. The Bertz CT molecular complexity index is 496. The van der Waals surface area contributed by atoms with Crippen LogP contribution in [0.25, 0.3) is 0 Å². The Morgan fingerprint density at radius 1 is 1.58 bits per heavy atom. The average molecular weight is 259 g/mol. The van der Waals surface area contributed by atoms with E-state index in [-0.39, 0.29) is 18.7 Å². The highest BCUT2D eigenvalue weighted by atomic mass is 16.3. The van der Waals surface area contributed by atoms with Crippen molar-refractivity contribution in [1.29, 1.82) is 5.26 Å². The number of aliphatic hydroxyl groups excluding tert-OH is 1. The van der Waals surface area contributed by atoms with Crippen molar-refractivity contribution in [1.82, 2.24) is 10.2 Å². The third-order valence-corrected chi connectivity index (χ3v) is 3.35. The van der Waals surface area contributed by atoms with Gasteiger partial charge in [0, 0.05) is 13.1 Å². The lowest BCUT2D eigenvalue weighted by Gasteiger charge is -2.23. The minimum absolute atomic E-state index is 0.0112. The van der Waals surface area contributed by atoms with E-state index < -0.39 is 0 Å². The number of nitrogens with one attached hydrogen (secondary N) is 1. The predicted molar refractivity (Wildman–Crippen MR) is 70.2 cm³/mol. The van der Waals surface area contributed by atoms with Crippen LogP contribution in [0.4, 0.5) is 4.79 Å². The summed E-state index contributed by atoms with van der Waals surface area (Å²) in [6.45, 7) is 1.09. The molecule has 1 heterocycles. The fourth-order valence-corrected chi connectivity index (χ4v) is 2.32. The van der Waals surface area contributed by atoms with Crippen LogP contribution in [0.3, 0.4) is 0 Å². The number of likely N-dealkylation sites (tertiary alicyclic amines) is 1. The summed E-state index contributed by atoms with van der Waals surface area (Å²) in [5, 5.41) is 20.8. The van der Waals surface area contributed by atoms with Crippen molar-refractivity contribution in [3.63, 3.8) is 0 Å². The third-order valence-electron chi connectivity index (χ3n) is 3.35. The topological polar surface area (TPSA) is 76.4 Å². The molecule has 5 nitrogen and oxygen atoms in total. The molecule has 100 valence electrons. The van der Waals surface area contributed by atoms with Gasteiger partial charge in [-0.15, -0.1) is 0 Å². The van der Waals surface area contributed by atoms with Crippen LogP contribution < -0.4 is 5.32 Å². The van der Waals surface area contributed by atoms with E-state index in [1.807, 2.05) is 6.07 Å². The maximum atomic E-state index is 12.0. The van der Waals surface area contributed by atoms with Gasteiger partial charge >= 0.3 is 6.03 Å². The van der Waals surface area contributed by atoms with Gasteiger partial charge in [-0.1, -0.05) is 12.1 Å². The summed E-state index contributed by atoms with van der Waals surface area (Å²) < 4.78 is 0. The van der Waals surface area contributed by atoms with Crippen molar-refractivity contribution < 1.29 is 9.90 Å². The molecule has 0 aliphatic carbocycles. The summed E-state index contributed by atoms with van der Waals surface area (Å²) in [4.78, 5) is 13.7. The van der Waals surface area contributed by atoms with Crippen LogP contribution in [0, 0.1) is 11.3 Å². The van der Waals surface area contributed by atoms with Gasteiger partial charge in [0.15, 0.2) is 0 Å². The highest BCUT2D eigenvalue weighted by molar-refractivity contribution is 5.74. The van der Waals surface area contributed by atoms with Crippen molar-refractivity contribution >= 4 is 6.03 Å². The minimum atomic E-state index is -0.154. The Labute approximate surface area is 112 Å². The maximum Gasteiger partial charge on any atom is 0.317 e. The van der Waals surface area contributed by atoms with Gasteiger partial charge in [0.05, 0.1) is 24.3 Å². The lowest BCUT2D eigenvalue weighted by molar-refractivity contribution is 0.157. The number of nitriles is 1. The smallest absolute Gasteiger partial charge is 0.317 e. The molecular weight excluding hydrogens is 242 g/mol. The van der Waals surface area contributed by atoms with Crippen molar-refractivity contribution in [2.24, 2.45) is 0 Å². The molecule has 0 radical (unpaired) electrons. The van der Waals surface area contributed by atoms with E-state index in [0.29, 0.717) is 18.7 Å². The highest BCUT2D eigenvalue weighted by Crippen LogP contribution is 2.16. The number of nitrogens with zero attached hydrogens (tertiary/aromatic N) is 2. The molecule has 1 unspecified atom stereocenters. The van der Waals surface area contributed by atoms with E-state index >= 15 is 0 Å². The minimum Gasteiger partial charge on any atom is -0.394 e. The van der Waals surface area contributed by atoms with Gasteiger partial charge in [0.2, 0.25) is 0 Å². The van der Waals surface area contributed by atoms with Crippen LogP contribution in [0.1, 0.15) is 24.0 Å². The molecule has 0 aromatic heterocycles. The standard InChI is InChI=1S/C14H17N3O2/c15-8-11-3-1-4-12(7-11)9-16-14(19)17-6-2-5-13(17)10-18/h1,3-4,7,13,18H,2,5-6,9-10H2,(H,16,19). The van der Waals surface area contributed by atoms with Crippen LogP contribution in [0.2, 0.25) is 0 Å².